The molecule has 19 heavy (non-hydrogen) atoms. The third kappa shape index (κ3) is 2.10. The summed E-state index contributed by atoms with van der Waals surface area (Å²) < 4.78 is 0. The van der Waals surface area contributed by atoms with Crippen molar-refractivity contribution < 1.29 is 9.90 Å². The van der Waals surface area contributed by atoms with Gasteiger partial charge in [-0.05, 0) is 18.2 Å². The van der Waals surface area contributed by atoms with Crippen molar-refractivity contribution in [1.82, 2.24) is 0 Å². The number of nitrogens with one attached hydrogen (secondary N) is 1. The maximum Gasteiger partial charge on any atom is 0.189 e. The van der Waals surface area contributed by atoms with Crippen LogP contribution in [0.25, 0.3) is 5.76 Å². The Bertz CT molecular complexity index is 647. The molecule has 0 fully saturated rings. The van der Waals surface area contributed by atoms with Gasteiger partial charge in [-0.1, -0.05) is 42.5 Å². The summed E-state index contributed by atoms with van der Waals surface area (Å²) in [5.74, 6) is 0.112. The molecule has 0 aromatic heterocycles. The molecule has 3 rings (SSSR count). The van der Waals surface area contributed by atoms with E-state index in [1.807, 2.05) is 30.3 Å². The van der Waals surface area contributed by atoms with Crippen LogP contribution in [0, 0.1) is 0 Å². The summed E-state index contributed by atoms with van der Waals surface area (Å²) in [6, 6.07) is 16.0. The lowest BCUT2D eigenvalue weighted by Gasteiger charge is -2.22. The zero-order valence-corrected chi connectivity index (χ0v) is 10.2. The second-order valence-electron chi connectivity index (χ2n) is 4.45. The highest BCUT2D eigenvalue weighted by Crippen LogP contribution is 2.26. The van der Waals surface area contributed by atoms with Crippen molar-refractivity contribution in [2.45, 2.75) is 6.04 Å². The Labute approximate surface area is 111 Å². The van der Waals surface area contributed by atoms with Crippen LogP contribution in [0.5, 0.6) is 0 Å². The fraction of sp³-hybridized carbons (Fsp3) is 0.0625. The number of rotatable bonds is 2. The number of hydrogen-bond acceptors (Lipinski definition) is 3. The fourth-order valence-electron chi connectivity index (χ4n) is 2.23. The number of aliphatic hydroxyl groups excluding tert-OH is 1. The topological polar surface area (TPSA) is 49.3 Å². The molecule has 0 aliphatic heterocycles. The minimum absolute atomic E-state index is 0.0303. The molecule has 3 heteroatoms. The van der Waals surface area contributed by atoms with E-state index in [-0.39, 0.29) is 11.5 Å². The normalized spacial score (nSPS) is 17.6. The number of fused-ring (bicyclic) bond motifs is 1. The van der Waals surface area contributed by atoms with Gasteiger partial charge in [0.25, 0.3) is 0 Å². The second kappa shape index (κ2) is 4.61. The van der Waals surface area contributed by atoms with Gasteiger partial charge >= 0.3 is 0 Å². The molecule has 1 aliphatic carbocycles. The number of ketones is 1. The molecule has 94 valence electrons. The number of para-hydroxylation sites is 1. The van der Waals surface area contributed by atoms with Gasteiger partial charge in [0, 0.05) is 16.8 Å². The lowest BCUT2D eigenvalue weighted by Crippen LogP contribution is -2.31. The van der Waals surface area contributed by atoms with Gasteiger partial charge in [-0.2, -0.15) is 0 Å². The largest absolute Gasteiger partial charge is 0.508 e. The van der Waals surface area contributed by atoms with Crippen molar-refractivity contribution in [2.24, 2.45) is 0 Å². The van der Waals surface area contributed by atoms with Crippen molar-refractivity contribution in [3.8, 4) is 0 Å². The first-order valence-corrected chi connectivity index (χ1v) is 6.12. The molecule has 0 saturated carbocycles. The molecule has 0 spiro atoms. The van der Waals surface area contributed by atoms with Crippen LogP contribution in [0.15, 0.2) is 60.7 Å². The highest BCUT2D eigenvalue weighted by atomic mass is 16.3. The molecule has 0 amide bonds. The van der Waals surface area contributed by atoms with Gasteiger partial charge in [0.2, 0.25) is 0 Å². The first kappa shape index (κ1) is 11.5. The Balaban J connectivity index is 1.94. The van der Waals surface area contributed by atoms with Gasteiger partial charge in [0.1, 0.15) is 11.8 Å². The van der Waals surface area contributed by atoms with E-state index in [0.29, 0.717) is 11.1 Å². The Morgan fingerprint density at radius 1 is 0.895 bits per heavy atom. The maximum atomic E-state index is 12.3. The predicted molar refractivity (Wildman–Crippen MR) is 75.2 cm³/mol. The first-order valence-electron chi connectivity index (χ1n) is 6.12. The zero-order valence-electron chi connectivity index (χ0n) is 10.2. The molecule has 2 N–H and O–H groups in total. The monoisotopic (exact) mass is 251 g/mol. The van der Waals surface area contributed by atoms with Crippen molar-refractivity contribution >= 4 is 17.2 Å². The number of aliphatic hydroxyl groups is 1. The van der Waals surface area contributed by atoms with Crippen molar-refractivity contribution in [1.29, 1.82) is 0 Å². The lowest BCUT2D eigenvalue weighted by molar-refractivity contribution is 0.0981. The molecule has 2 aromatic carbocycles. The van der Waals surface area contributed by atoms with E-state index in [2.05, 4.69) is 5.32 Å². The van der Waals surface area contributed by atoms with Crippen molar-refractivity contribution in [3.05, 3.63) is 71.8 Å². The van der Waals surface area contributed by atoms with Crippen LogP contribution in [0.4, 0.5) is 5.69 Å². The summed E-state index contributed by atoms with van der Waals surface area (Å²) in [7, 11) is 0. The van der Waals surface area contributed by atoms with Crippen LogP contribution in [-0.2, 0) is 0 Å². The average Bonchev–Trinajstić information content (AvgIpc) is 2.46. The quantitative estimate of drug-likeness (QED) is 0.861. The molecular weight excluding hydrogens is 238 g/mol. The number of benzene rings is 2. The lowest BCUT2D eigenvalue weighted by atomic mass is 9.91. The van der Waals surface area contributed by atoms with E-state index < -0.39 is 6.04 Å². The average molecular weight is 251 g/mol. The molecule has 0 heterocycles. The summed E-state index contributed by atoms with van der Waals surface area (Å²) in [4.78, 5) is 12.3. The van der Waals surface area contributed by atoms with Gasteiger partial charge in [-0.3, -0.25) is 4.79 Å². The number of Topliss-reactive ketones (excluding diaryl/α,β-unsaturated/α-hetero) is 1. The minimum Gasteiger partial charge on any atom is -0.508 e. The molecule has 0 radical (unpaired) electrons. The van der Waals surface area contributed by atoms with E-state index >= 15 is 0 Å². The fourth-order valence-corrected chi connectivity index (χ4v) is 2.23. The molecular formula is C16H13NO2. The molecule has 3 nitrogen and oxygen atoms in total. The Morgan fingerprint density at radius 3 is 2.26 bits per heavy atom. The van der Waals surface area contributed by atoms with Crippen molar-refractivity contribution in [3.63, 3.8) is 0 Å². The summed E-state index contributed by atoms with van der Waals surface area (Å²) >= 11 is 0. The molecule has 1 unspecified atom stereocenters. The second-order valence-corrected chi connectivity index (χ2v) is 4.45. The summed E-state index contributed by atoms with van der Waals surface area (Å²) in [6.45, 7) is 0. The molecule has 1 atom stereocenters. The summed E-state index contributed by atoms with van der Waals surface area (Å²) in [5.41, 5.74) is 2.00. The molecule has 2 aromatic rings. The minimum atomic E-state index is -0.530. The van der Waals surface area contributed by atoms with Crippen LogP contribution in [0.3, 0.4) is 0 Å². The van der Waals surface area contributed by atoms with Gasteiger partial charge in [0.15, 0.2) is 5.78 Å². The number of anilines is 1. The van der Waals surface area contributed by atoms with Gasteiger partial charge in [-0.15, -0.1) is 0 Å². The smallest absolute Gasteiger partial charge is 0.189 e. The standard InChI is InChI=1S/C16H13NO2/c18-15-10-14(17-11-6-2-1-3-7-11)16(19)13-9-5-4-8-12(13)15/h1-10,14,17-18H. The maximum absolute atomic E-state index is 12.3. The first-order chi connectivity index (χ1) is 9.25. The Morgan fingerprint density at radius 2 is 1.53 bits per heavy atom. The van der Waals surface area contributed by atoms with Crippen LogP contribution in [0.1, 0.15) is 15.9 Å². The summed E-state index contributed by atoms with van der Waals surface area (Å²) in [6.07, 6.45) is 1.55. The highest BCUT2D eigenvalue weighted by Gasteiger charge is 2.26. The predicted octanol–water partition coefficient (Wildman–Crippen LogP) is 3.26. The van der Waals surface area contributed by atoms with Gasteiger partial charge in [0.05, 0.1) is 0 Å². The zero-order chi connectivity index (χ0) is 13.2. The van der Waals surface area contributed by atoms with E-state index in [4.69, 9.17) is 0 Å². The van der Waals surface area contributed by atoms with Gasteiger partial charge < -0.3 is 10.4 Å². The van der Waals surface area contributed by atoms with Gasteiger partial charge in [-0.25, -0.2) is 0 Å². The Kier molecular flexibility index (Phi) is 2.80. The van der Waals surface area contributed by atoms with Crippen LogP contribution < -0.4 is 5.32 Å². The number of carbonyl (C=O) groups is 1. The van der Waals surface area contributed by atoms with Crippen molar-refractivity contribution in [2.75, 3.05) is 5.32 Å². The third-order valence-corrected chi connectivity index (χ3v) is 3.17. The van der Waals surface area contributed by atoms with E-state index in [1.165, 1.54) is 0 Å². The van der Waals surface area contributed by atoms with Crippen LogP contribution >= 0.6 is 0 Å². The summed E-state index contributed by atoms with van der Waals surface area (Å²) in [5, 5.41) is 13.1. The van der Waals surface area contributed by atoms with E-state index in [9.17, 15) is 9.90 Å². The van der Waals surface area contributed by atoms with E-state index in [0.717, 1.165) is 5.69 Å². The number of carbonyl (C=O) groups excluding carboxylic acids is 1. The van der Waals surface area contributed by atoms with Crippen LogP contribution in [0.2, 0.25) is 0 Å². The Hall–Kier alpha value is -2.55. The molecule has 1 aliphatic rings. The third-order valence-electron chi connectivity index (χ3n) is 3.17. The van der Waals surface area contributed by atoms with E-state index in [1.54, 1.807) is 30.3 Å². The SMILES string of the molecule is O=C1c2ccccc2C(O)=CC1Nc1ccccc1. The highest BCUT2D eigenvalue weighted by molar-refractivity contribution is 6.09. The number of hydrogen-bond donors (Lipinski definition) is 2. The van der Waals surface area contributed by atoms with Crippen LogP contribution in [-0.4, -0.2) is 16.9 Å². The molecule has 0 bridgehead atoms. The molecule has 0 saturated heterocycles.